The van der Waals surface area contributed by atoms with E-state index < -0.39 is 11.5 Å². The number of nitrogens with zero attached hydrogens (tertiary/aromatic N) is 1. The topological polar surface area (TPSA) is 57.6 Å². The molecular formula is C8H11NO3. The standard InChI is InChI=1S/C8H11NO3/c1-5(10)9-3-2-6-4-8(6,9)7(11)12/h6H,2-4H2,1H3,(H,11,12)/t6-,8+/m0/s1. The maximum Gasteiger partial charge on any atom is 0.329 e. The first-order chi connectivity index (χ1) is 5.59. The minimum atomic E-state index is -0.833. The van der Waals surface area contributed by atoms with Crippen LogP contribution in [0.3, 0.4) is 0 Å². The Morgan fingerprint density at radius 2 is 2.25 bits per heavy atom. The first-order valence-electron chi connectivity index (χ1n) is 4.10. The third kappa shape index (κ3) is 0.673. The van der Waals surface area contributed by atoms with Crippen molar-refractivity contribution in [2.45, 2.75) is 25.3 Å². The molecule has 4 nitrogen and oxygen atoms in total. The van der Waals surface area contributed by atoms with Gasteiger partial charge in [0.1, 0.15) is 5.54 Å². The second kappa shape index (κ2) is 2.00. The van der Waals surface area contributed by atoms with Crippen LogP contribution in [0.1, 0.15) is 19.8 Å². The van der Waals surface area contributed by atoms with Crippen molar-refractivity contribution in [2.75, 3.05) is 6.54 Å². The third-order valence-corrected chi connectivity index (χ3v) is 3.01. The van der Waals surface area contributed by atoms with Gasteiger partial charge in [0.05, 0.1) is 0 Å². The molecule has 2 fully saturated rings. The molecule has 0 spiro atoms. The molecule has 66 valence electrons. The lowest BCUT2D eigenvalue weighted by molar-refractivity contribution is -0.150. The van der Waals surface area contributed by atoms with Crippen LogP contribution in [-0.2, 0) is 9.59 Å². The minimum Gasteiger partial charge on any atom is -0.479 e. The first-order valence-corrected chi connectivity index (χ1v) is 4.10. The molecule has 1 saturated carbocycles. The number of amides is 1. The van der Waals surface area contributed by atoms with Crippen molar-refractivity contribution in [1.82, 2.24) is 4.90 Å². The molecule has 12 heavy (non-hydrogen) atoms. The number of piperidine rings is 1. The zero-order valence-corrected chi connectivity index (χ0v) is 6.91. The molecule has 0 aromatic rings. The van der Waals surface area contributed by atoms with Crippen molar-refractivity contribution in [3.8, 4) is 0 Å². The summed E-state index contributed by atoms with van der Waals surface area (Å²) in [7, 11) is 0. The molecule has 1 aliphatic carbocycles. The van der Waals surface area contributed by atoms with Crippen molar-refractivity contribution in [2.24, 2.45) is 5.92 Å². The molecular weight excluding hydrogens is 158 g/mol. The fourth-order valence-electron chi connectivity index (χ4n) is 2.29. The normalized spacial score (nSPS) is 37.8. The summed E-state index contributed by atoms with van der Waals surface area (Å²) in [5.41, 5.74) is -0.800. The van der Waals surface area contributed by atoms with E-state index in [1.807, 2.05) is 0 Å². The van der Waals surface area contributed by atoms with E-state index in [4.69, 9.17) is 5.11 Å². The van der Waals surface area contributed by atoms with Gasteiger partial charge in [-0.15, -0.1) is 0 Å². The van der Waals surface area contributed by atoms with Gasteiger partial charge in [-0.1, -0.05) is 0 Å². The van der Waals surface area contributed by atoms with Crippen molar-refractivity contribution in [1.29, 1.82) is 0 Å². The first kappa shape index (κ1) is 7.58. The Morgan fingerprint density at radius 3 is 2.58 bits per heavy atom. The van der Waals surface area contributed by atoms with Gasteiger partial charge in [0.25, 0.3) is 0 Å². The van der Waals surface area contributed by atoms with Crippen LogP contribution in [0.2, 0.25) is 0 Å². The van der Waals surface area contributed by atoms with Crippen LogP contribution in [0, 0.1) is 5.92 Å². The molecule has 1 heterocycles. The van der Waals surface area contributed by atoms with Crippen LogP contribution in [0.5, 0.6) is 0 Å². The molecule has 0 bridgehead atoms. The average Bonchev–Trinajstić information content (AvgIpc) is 2.58. The minimum absolute atomic E-state index is 0.114. The Bertz CT molecular complexity index is 263. The number of carboxylic acids is 1. The van der Waals surface area contributed by atoms with Crippen LogP contribution >= 0.6 is 0 Å². The van der Waals surface area contributed by atoms with E-state index in [0.717, 1.165) is 6.42 Å². The second-order valence-corrected chi connectivity index (χ2v) is 3.59. The zero-order valence-electron chi connectivity index (χ0n) is 6.91. The summed E-state index contributed by atoms with van der Waals surface area (Å²) in [6, 6.07) is 0. The molecule has 1 amide bonds. The summed E-state index contributed by atoms with van der Waals surface area (Å²) in [6.07, 6.45) is 1.51. The molecule has 0 unspecified atom stereocenters. The molecule has 0 radical (unpaired) electrons. The number of carbonyl (C=O) groups excluding carboxylic acids is 1. The van der Waals surface area contributed by atoms with Gasteiger partial charge in [-0.3, -0.25) is 4.79 Å². The maximum atomic E-state index is 11.1. The van der Waals surface area contributed by atoms with E-state index >= 15 is 0 Å². The van der Waals surface area contributed by atoms with Gasteiger partial charge in [-0.05, 0) is 18.8 Å². The van der Waals surface area contributed by atoms with E-state index in [-0.39, 0.29) is 11.8 Å². The molecule has 2 atom stereocenters. The SMILES string of the molecule is CC(=O)N1CC[C@H]2C[C@]21C(=O)O. The Hall–Kier alpha value is -1.06. The molecule has 4 heteroatoms. The van der Waals surface area contributed by atoms with E-state index in [2.05, 4.69) is 0 Å². The van der Waals surface area contributed by atoms with Gasteiger partial charge >= 0.3 is 5.97 Å². The Kier molecular flexibility index (Phi) is 1.26. The Balaban J connectivity index is 2.27. The molecule has 1 saturated heterocycles. The summed E-state index contributed by atoms with van der Waals surface area (Å²) in [5, 5.41) is 8.94. The third-order valence-electron chi connectivity index (χ3n) is 3.01. The number of fused-ring (bicyclic) bond motifs is 1. The number of aliphatic carboxylic acids is 1. The summed E-state index contributed by atoms with van der Waals surface area (Å²) in [4.78, 5) is 23.4. The van der Waals surface area contributed by atoms with E-state index in [0.29, 0.717) is 13.0 Å². The van der Waals surface area contributed by atoms with E-state index in [1.54, 1.807) is 0 Å². The van der Waals surface area contributed by atoms with Gasteiger partial charge in [0, 0.05) is 13.5 Å². The highest BCUT2D eigenvalue weighted by Crippen LogP contribution is 2.55. The summed E-state index contributed by atoms with van der Waals surface area (Å²) in [5.74, 6) is -0.725. The number of hydrogen-bond donors (Lipinski definition) is 1. The Labute approximate surface area is 70.2 Å². The van der Waals surface area contributed by atoms with Crippen molar-refractivity contribution in [3.63, 3.8) is 0 Å². The maximum absolute atomic E-state index is 11.1. The predicted octanol–water partition coefficient (Wildman–Crippen LogP) is 0.0819. The second-order valence-electron chi connectivity index (χ2n) is 3.59. The number of carbonyl (C=O) groups is 2. The lowest BCUT2D eigenvalue weighted by Gasteiger charge is -2.23. The van der Waals surface area contributed by atoms with Crippen LogP contribution in [-0.4, -0.2) is 34.0 Å². The van der Waals surface area contributed by atoms with Gasteiger partial charge in [0.15, 0.2) is 0 Å². The molecule has 1 aliphatic heterocycles. The molecule has 1 N–H and O–H groups in total. The quantitative estimate of drug-likeness (QED) is 0.604. The van der Waals surface area contributed by atoms with E-state index in [9.17, 15) is 9.59 Å². The lowest BCUT2D eigenvalue weighted by Crippen LogP contribution is -2.44. The zero-order chi connectivity index (χ0) is 8.93. The fraction of sp³-hybridized carbons (Fsp3) is 0.750. The van der Waals surface area contributed by atoms with E-state index in [1.165, 1.54) is 11.8 Å². The molecule has 0 aromatic carbocycles. The van der Waals surface area contributed by atoms with Gasteiger partial charge in [-0.25, -0.2) is 4.79 Å². The van der Waals surface area contributed by atoms with Crippen LogP contribution in [0.4, 0.5) is 0 Å². The largest absolute Gasteiger partial charge is 0.479 e. The van der Waals surface area contributed by atoms with Gasteiger partial charge in [0.2, 0.25) is 5.91 Å². The fourth-order valence-corrected chi connectivity index (χ4v) is 2.29. The number of rotatable bonds is 1. The van der Waals surface area contributed by atoms with Gasteiger partial charge in [-0.2, -0.15) is 0 Å². The predicted molar refractivity (Wildman–Crippen MR) is 40.5 cm³/mol. The summed E-state index contributed by atoms with van der Waals surface area (Å²) >= 11 is 0. The van der Waals surface area contributed by atoms with Crippen molar-refractivity contribution < 1.29 is 14.7 Å². The highest BCUT2D eigenvalue weighted by atomic mass is 16.4. The highest BCUT2D eigenvalue weighted by molar-refractivity contribution is 5.90. The van der Waals surface area contributed by atoms with Crippen LogP contribution in [0.15, 0.2) is 0 Å². The molecule has 0 aromatic heterocycles. The van der Waals surface area contributed by atoms with Crippen molar-refractivity contribution >= 4 is 11.9 Å². The smallest absolute Gasteiger partial charge is 0.329 e. The lowest BCUT2D eigenvalue weighted by atomic mass is 10.2. The number of likely N-dealkylation sites (tertiary alicyclic amines) is 1. The molecule has 2 rings (SSSR count). The van der Waals surface area contributed by atoms with Crippen LogP contribution < -0.4 is 0 Å². The monoisotopic (exact) mass is 169 g/mol. The summed E-state index contributed by atoms with van der Waals surface area (Å²) < 4.78 is 0. The molecule has 2 aliphatic rings. The average molecular weight is 169 g/mol. The van der Waals surface area contributed by atoms with Crippen molar-refractivity contribution in [3.05, 3.63) is 0 Å². The van der Waals surface area contributed by atoms with Crippen LogP contribution in [0.25, 0.3) is 0 Å². The Morgan fingerprint density at radius 1 is 1.58 bits per heavy atom. The highest BCUT2D eigenvalue weighted by Gasteiger charge is 2.68. The number of carboxylic acid groups (broad SMARTS) is 1. The summed E-state index contributed by atoms with van der Waals surface area (Å²) in [6.45, 7) is 2.05. The number of hydrogen-bond acceptors (Lipinski definition) is 2. The van der Waals surface area contributed by atoms with Gasteiger partial charge < -0.3 is 10.0 Å².